The zero-order valence-corrected chi connectivity index (χ0v) is 11.7. The maximum atomic E-state index is 10.9. The van der Waals surface area contributed by atoms with Crippen LogP contribution in [0.25, 0.3) is 10.9 Å². The van der Waals surface area contributed by atoms with Crippen LogP contribution < -0.4 is 4.74 Å². The summed E-state index contributed by atoms with van der Waals surface area (Å²) in [6.45, 7) is 2.02. The molecular formula is C14H16ClNO3. The first-order valence-corrected chi connectivity index (χ1v) is 6.51. The highest BCUT2D eigenvalue weighted by Gasteiger charge is 2.13. The Morgan fingerprint density at radius 3 is 2.79 bits per heavy atom. The fourth-order valence-electron chi connectivity index (χ4n) is 2.27. The Bertz CT molecular complexity index is 619. The predicted octanol–water partition coefficient (Wildman–Crippen LogP) is 3.34. The van der Waals surface area contributed by atoms with Crippen LogP contribution in [0.1, 0.15) is 18.9 Å². The second-order valence-electron chi connectivity index (χ2n) is 4.43. The monoisotopic (exact) mass is 281 g/mol. The Hall–Kier alpha value is -1.68. The fraction of sp³-hybridized carbons (Fsp3) is 0.357. The number of aryl methyl sites for hydroxylation is 1. The van der Waals surface area contributed by atoms with Gasteiger partial charge in [-0.05, 0) is 24.1 Å². The first-order valence-electron chi connectivity index (χ1n) is 6.13. The summed E-state index contributed by atoms with van der Waals surface area (Å²) in [4.78, 5) is 10.9. The van der Waals surface area contributed by atoms with Crippen molar-refractivity contribution in [2.75, 3.05) is 7.11 Å². The Morgan fingerprint density at radius 1 is 1.47 bits per heavy atom. The van der Waals surface area contributed by atoms with E-state index < -0.39 is 5.97 Å². The van der Waals surface area contributed by atoms with Gasteiger partial charge in [-0.3, -0.25) is 4.79 Å². The van der Waals surface area contributed by atoms with Gasteiger partial charge in [-0.25, -0.2) is 0 Å². The highest BCUT2D eigenvalue weighted by atomic mass is 35.5. The normalized spacial score (nSPS) is 10.9. The zero-order valence-electron chi connectivity index (χ0n) is 10.9. The lowest BCUT2D eigenvalue weighted by Gasteiger charge is -2.06. The van der Waals surface area contributed by atoms with Crippen LogP contribution in [0.5, 0.6) is 5.75 Å². The van der Waals surface area contributed by atoms with Crippen molar-refractivity contribution in [1.82, 2.24) is 4.57 Å². The number of fused-ring (bicyclic) bond motifs is 1. The highest BCUT2D eigenvalue weighted by Crippen LogP contribution is 2.33. The van der Waals surface area contributed by atoms with Crippen LogP contribution in [0, 0.1) is 0 Å². The van der Waals surface area contributed by atoms with E-state index in [1.165, 1.54) is 0 Å². The lowest BCUT2D eigenvalue weighted by atomic mass is 10.1. The van der Waals surface area contributed by atoms with E-state index in [-0.39, 0.29) is 6.54 Å². The molecule has 0 bridgehead atoms. The molecule has 0 saturated heterocycles. The molecule has 0 saturated carbocycles. The molecule has 0 spiro atoms. The molecule has 0 aliphatic heterocycles. The largest absolute Gasteiger partial charge is 0.495 e. The number of carbonyl (C=O) groups is 1. The van der Waals surface area contributed by atoms with E-state index in [0.29, 0.717) is 10.8 Å². The molecule has 0 aliphatic carbocycles. The summed E-state index contributed by atoms with van der Waals surface area (Å²) < 4.78 is 6.94. The molecule has 2 aromatic rings. The van der Waals surface area contributed by atoms with Crippen LogP contribution in [-0.4, -0.2) is 22.8 Å². The average molecular weight is 282 g/mol. The lowest BCUT2D eigenvalue weighted by Crippen LogP contribution is -2.07. The van der Waals surface area contributed by atoms with Gasteiger partial charge >= 0.3 is 5.97 Å². The zero-order chi connectivity index (χ0) is 14.0. The van der Waals surface area contributed by atoms with Crippen LogP contribution in [0.15, 0.2) is 18.3 Å². The summed E-state index contributed by atoms with van der Waals surface area (Å²) in [5, 5.41) is 10.4. The van der Waals surface area contributed by atoms with Crippen molar-refractivity contribution in [2.45, 2.75) is 26.3 Å². The van der Waals surface area contributed by atoms with Crippen LogP contribution in [-0.2, 0) is 17.8 Å². The van der Waals surface area contributed by atoms with Gasteiger partial charge in [-0.15, -0.1) is 0 Å². The first-order chi connectivity index (χ1) is 9.06. The SMILES string of the molecule is CCCc1cn(CC(=O)O)c2cc(Cl)c(OC)cc12. The quantitative estimate of drug-likeness (QED) is 0.914. The van der Waals surface area contributed by atoms with Crippen LogP contribution in [0.4, 0.5) is 0 Å². The minimum Gasteiger partial charge on any atom is -0.495 e. The van der Waals surface area contributed by atoms with Crippen molar-refractivity contribution < 1.29 is 14.6 Å². The molecule has 0 aliphatic rings. The first kappa shape index (κ1) is 13.7. The molecule has 102 valence electrons. The molecule has 1 N–H and O–H groups in total. The standard InChI is InChI=1S/C14H16ClNO3/c1-3-4-9-7-16(8-14(17)18)12-6-11(15)13(19-2)5-10(9)12/h5-7H,3-4,8H2,1-2H3,(H,17,18). The number of hydrogen-bond donors (Lipinski definition) is 1. The fourth-order valence-corrected chi connectivity index (χ4v) is 2.50. The van der Waals surface area contributed by atoms with E-state index in [9.17, 15) is 4.79 Å². The molecule has 0 amide bonds. The van der Waals surface area contributed by atoms with Crippen molar-refractivity contribution in [3.63, 3.8) is 0 Å². The Morgan fingerprint density at radius 2 is 2.21 bits per heavy atom. The second kappa shape index (κ2) is 5.53. The Balaban J connectivity index is 2.63. The van der Waals surface area contributed by atoms with Gasteiger partial charge in [0.05, 0.1) is 17.6 Å². The molecule has 0 atom stereocenters. The molecule has 1 heterocycles. The summed E-state index contributed by atoms with van der Waals surface area (Å²) in [6, 6.07) is 3.64. The maximum absolute atomic E-state index is 10.9. The van der Waals surface area contributed by atoms with Gasteiger partial charge in [0.25, 0.3) is 0 Å². The van der Waals surface area contributed by atoms with Crippen LogP contribution in [0.2, 0.25) is 5.02 Å². The molecule has 1 aromatic heterocycles. The molecule has 2 rings (SSSR count). The third kappa shape index (κ3) is 2.68. The third-order valence-electron chi connectivity index (χ3n) is 3.06. The van der Waals surface area contributed by atoms with Gasteiger partial charge < -0.3 is 14.4 Å². The number of carboxylic acid groups (broad SMARTS) is 1. The van der Waals surface area contributed by atoms with Crippen molar-refractivity contribution in [2.24, 2.45) is 0 Å². The smallest absolute Gasteiger partial charge is 0.323 e. The number of hydrogen-bond acceptors (Lipinski definition) is 2. The average Bonchev–Trinajstić information content (AvgIpc) is 2.66. The minimum atomic E-state index is -0.869. The number of aliphatic carboxylic acids is 1. The van der Waals surface area contributed by atoms with Gasteiger partial charge in [0, 0.05) is 11.6 Å². The van der Waals surface area contributed by atoms with E-state index >= 15 is 0 Å². The van der Waals surface area contributed by atoms with Gasteiger partial charge in [0.1, 0.15) is 12.3 Å². The second-order valence-corrected chi connectivity index (χ2v) is 4.84. The predicted molar refractivity (Wildman–Crippen MR) is 75.1 cm³/mol. The van der Waals surface area contributed by atoms with Crippen molar-refractivity contribution >= 4 is 28.5 Å². The molecule has 5 heteroatoms. The number of nitrogens with zero attached hydrogens (tertiary/aromatic N) is 1. The molecule has 0 radical (unpaired) electrons. The van der Waals surface area contributed by atoms with E-state index in [4.69, 9.17) is 21.4 Å². The lowest BCUT2D eigenvalue weighted by molar-refractivity contribution is -0.137. The molecule has 0 fully saturated rings. The van der Waals surface area contributed by atoms with Crippen molar-refractivity contribution in [3.05, 3.63) is 28.9 Å². The van der Waals surface area contributed by atoms with E-state index in [1.807, 2.05) is 12.3 Å². The summed E-state index contributed by atoms with van der Waals surface area (Å²) in [5.74, 6) is -0.258. The molecule has 19 heavy (non-hydrogen) atoms. The van der Waals surface area contributed by atoms with Gasteiger partial charge in [-0.1, -0.05) is 24.9 Å². The number of benzene rings is 1. The van der Waals surface area contributed by atoms with Crippen molar-refractivity contribution in [3.8, 4) is 5.75 Å². The molecule has 0 unspecified atom stereocenters. The van der Waals surface area contributed by atoms with Crippen LogP contribution in [0.3, 0.4) is 0 Å². The van der Waals surface area contributed by atoms with E-state index in [0.717, 1.165) is 29.3 Å². The summed E-state index contributed by atoms with van der Waals surface area (Å²) in [6.07, 6.45) is 3.78. The van der Waals surface area contributed by atoms with Crippen molar-refractivity contribution in [1.29, 1.82) is 0 Å². The molecule has 4 nitrogen and oxygen atoms in total. The summed E-state index contributed by atoms with van der Waals surface area (Å²) in [7, 11) is 1.57. The summed E-state index contributed by atoms with van der Waals surface area (Å²) >= 11 is 6.11. The number of rotatable bonds is 5. The van der Waals surface area contributed by atoms with Crippen LogP contribution >= 0.6 is 11.6 Å². The van der Waals surface area contributed by atoms with E-state index in [1.54, 1.807) is 17.7 Å². The highest BCUT2D eigenvalue weighted by molar-refractivity contribution is 6.32. The van der Waals surface area contributed by atoms with Gasteiger partial charge in [0.2, 0.25) is 0 Å². The minimum absolute atomic E-state index is 0.0666. The number of methoxy groups -OCH3 is 1. The number of ether oxygens (including phenoxy) is 1. The maximum Gasteiger partial charge on any atom is 0.323 e. The van der Waals surface area contributed by atoms with Gasteiger partial charge in [0.15, 0.2) is 0 Å². The Labute approximate surface area is 116 Å². The van der Waals surface area contributed by atoms with E-state index in [2.05, 4.69) is 6.92 Å². The Kier molecular flexibility index (Phi) is 4.00. The number of halogens is 1. The molecular weight excluding hydrogens is 266 g/mol. The third-order valence-corrected chi connectivity index (χ3v) is 3.36. The number of aromatic nitrogens is 1. The molecule has 1 aromatic carbocycles. The van der Waals surface area contributed by atoms with Gasteiger partial charge in [-0.2, -0.15) is 0 Å². The summed E-state index contributed by atoms with van der Waals surface area (Å²) in [5.41, 5.74) is 1.95. The number of carboxylic acids is 1. The topological polar surface area (TPSA) is 51.5 Å².